The molecule has 76 heavy (non-hydrogen) atoms. The normalized spacial score (nSPS) is 12.6. The third-order valence-electron chi connectivity index (χ3n) is 16.2. The SMILES string of the molecule is CCCCCCCC/C=C\CCCCCCCCCCCC(=O)OCCCCCCCCCCCCCC/C=C\CCCCCCCCCCCCCC(=O)NC(CO)C(O)CCCCCCCCCCCCCCC. The van der Waals surface area contributed by atoms with Crippen LogP contribution in [0.2, 0.25) is 0 Å². The maximum absolute atomic E-state index is 12.5. The summed E-state index contributed by atoms with van der Waals surface area (Å²) in [5.74, 6) is -0.0187. The number of hydrogen-bond donors (Lipinski definition) is 3. The predicted octanol–water partition coefficient (Wildman–Crippen LogP) is 22.1. The van der Waals surface area contributed by atoms with E-state index in [0.717, 1.165) is 38.5 Å². The van der Waals surface area contributed by atoms with Crippen LogP contribution in [0.3, 0.4) is 0 Å². The molecule has 0 aliphatic carbocycles. The summed E-state index contributed by atoms with van der Waals surface area (Å²) < 4.78 is 5.51. The Bertz CT molecular complexity index is 1190. The van der Waals surface area contributed by atoms with Gasteiger partial charge in [0.15, 0.2) is 0 Å². The third-order valence-corrected chi connectivity index (χ3v) is 16.2. The summed E-state index contributed by atoms with van der Waals surface area (Å²) >= 11 is 0. The summed E-state index contributed by atoms with van der Waals surface area (Å²) in [5, 5.41) is 23.3. The number of aliphatic hydroxyl groups is 2. The van der Waals surface area contributed by atoms with Crippen LogP contribution in [0.25, 0.3) is 0 Å². The van der Waals surface area contributed by atoms with Crippen LogP contribution in [-0.4, -0.2) is 47.4 Å². The lowest BCUT2D eigenvalue weighted by molar-refractivity contribution is -0.143. The number of carbonyl (C=O) groups is 2. The molecule has 0 aromatic carbocycles. The molecule has 0 saturated heterocycles. The molecule has 0 spiro atoms. The molecule has 6 heteroatoms. The molecular formula is C70H135NO5. The molecule has 0 saturated carbocycles. The number of allylic oxidation sites excluding steroid dienone is 4. The number of esters is 1. The largest absolute Gasteiger partial charge is 0.466 e. The summed E-state index contributed by atoms with van der Waals surface area (Å²) in [7, 11) is 0. The molecule has 0 aliphatic heterocycles. The second-order valence-electron chi connectivity index (χ2n) is 23.9. The Kier molecular flexibility index (Phi) is 64.4. The highest BCUT2D eigenvalue weighted by atomic mass is 16.5. The minimum atomic E-state index is -0.664. The summed E-state index contributed by atoms with van der Waals surface area (Å²) in [6.45, 7) is 4.97. The van der Waals surface area contributed by atoms with Crippen LogP contribution in [0.4, 0.5) is 0 Å². The van der Waals surface area contributed by atoms with E-state index in [9.17, 15) is 19.8 Å². The van der Waals surface area contributed by atoms with E-state index in [0.29, 0.717) is 25.9 Å². The average molecular weight is 1070 g/mol. The van der Waals surface area contributed by atoms with Crippen LogP contribution in [0.1, 0.15) is 386 Å². The van der Waals surface area contributed by atoms with Gasteiger partial charge in [0.2, 0.25) is 5.91 Å². The van der Waals surface area contributed by atoms with Crippen molar-refractivity contribution in [2.24, 2.45) is 0 Å². The van der Waals surface area contributed by atoms with Gasteiger partial charge in [-0.05, 0) is 77.0 Å². The smallest absolute Gasteiger partial charge is 0.305 e. The molecular weight excluding hydrogens is 935 g/mol. The van der Waals surface area contributed by atoms with Crippen molar-refractivity contribution in [2.75, 3.05) is 13.2 Å². The first kappa shape index (κ1) is 74.3. The lowest BCUT2D eigenvalue weighted by atomic mass is 10.0. The molecule has 0 aliphatic rings. The van der Waals surface area contributed by atoms with Gasteiger partial charge < -0.3 is 20.3 Å². The highest BCUT2D eigenvalue weighted by molar-refractivity contribution is 5.76. The van der Waals surface area contributed by atoms with Crippen molar-refractivity contribution >= 4 is 11.9 Å². The van der Waals surface area contributed by atoms with E-state index in [-0.39, 0.29) is 18.5 Å². The van der Waals surface area contributed by atoms with Crippen LogP contribution in [0, 0.1) is 0 Å². The summed E-state index contributed by atoms with van der Waals surface area (Å²) in [6, 6.07) is -0.541. The van der Waals surface area contributed by atoms with Gasteiger partial charge in [0, 0.05) is 12.8 Å². The fourth-order valence-electron chi connectivity index (χ4n) is 10.9. The van der Waals surface area contributed by atoms with Gasteiger partial charge in [0.05, 0.1) is 25.4 Å². The number of rotatable bonds is 65. The second kappa shape index (κ2) is 65.9. The van der Waals surface area contributed by atoms with Crippen LogP contribution in [-0.2, 0) is 14.3 Å². The predicted molar refractivity (Wildman–Crippen MR) is 333 cm³/mol. The Balaban J connectivity index is 3.35. The van der Waals surface area contributed by atoms with Crippen molar-refractivity contribution in [2.45, 2.75) is 398 Å². The standard InChI is InChI=1S/C70H135NO5/c1-3-5-7-9-11-13-15-17-18-19-29-33-36-40-44-48-52-56-60-64-70(75)76-65-61-57-53-49-45-41-37-34-31-28-26-24-22-20-21-23-25-27-30-32-35-39-43-47-51-55-59-63-69(74)71-67(66-72)68(73)62-58-54-50-46-42-38-16-14-12-10-8-6-4-2/h17-18,20-21,67-68,72-73H,3-16,19,22-66H2,1-2H3,(H,71,74)/b18-17-,21-20-. The first-order chi connectivity index (χ1) is 37.5. The Morgan fingerprint density at radius 2 is 0.618 bits per heavy atom. The van der Waals surface area contributed by atoms with Crippen molar-refractivity contribution < 1.29 is 24.5 Å². The first-order valence-electron chi connectivity index (χ1n) is 34.6. The summed E-state index contributed by atoms with van der Waals surface area (Å²) in [5.41, 5.74) is 0. The topological polar surface area (TPSA) is 95.9 Å². The zero-order chi connectivity index (χ0) is 55.0. The van der Waals surface area contributed by atoms with Crippen LogP contribution in [0.5, 0.6) is 0 Å². The van der Waals surface area contributed by atoms with Crippen molar-refractivity contribution in [3.63, 3.8) is 0 Å². The van der Waals surface area contributed by atoms with Crippen LogP contribution < -0.4 is 5.32 Å². The molecule has 0 rings (SSSR count). The van der Waals surface area contributed by atoms with E-state index >= 15 is 0 Å². The van der Waals surface area contributed by atoms with E-state index in [1.165, 1.54) is 315 Å². The minimum Gasteiger partial charge on any atom is -0.466 e. The number of unbranched alkanes of at least 4 members (excludes halogenated alkanes) is 50. The second-order valence-corrected chi connectivity index (χ2v) is 23.9. The van der Waals surface area contributed by atoms with Crippen molar-refractivity contribution in [3.05, 3.63) is 24.3 Å². The lowest BCUT2D eigenvalue weighted by Crippen LogP contribution is -2.45. The Hall–Kier alpha value is -1.66. The lowest BCUT2D eigenvalue weighted by Gasteiger charge is -2.22. The molecule has 0 aromatic rings. The van der Waals surface area contributed by atoms with Gasteiger partial charge in [-0.1, -0.05) is 321 Å². The molecule has 450 valence electrons. The summed E-state index contributed by atoms with van der Waals surface area (Å²) in [4.78, 5) is 24.6. The zero-order valence-electron chi connectivity index (χ0n) is 51.5. The molecule has 2 unspecified atom stereocenters. The van der Waals surface area contributed by atoms with E-state index in [4.69, 9.17) is 4.74 Å². The Morgan fingerprint density at radius 1 is 0.355 bits per heavy atom. The maximum atomic E-state index is 12.5. The Morgan fingerprint density at radius 3 is 0.934 bits per heavy atom. The summed E-state index contributed by atoms with van der Waals surface area (Å²) in [6.07, 6.45) is 82.2. The van der Waals surface area contributed by atoms with Gasteiger partial charge in [-0.2, -0.15) is 0 Å². The first-order valence-corrected chi connectivity index (χ1v) is 34.6. The molecule has 2 atom stereocenters. The molecule has 0 radical (unpaired) electrons. The van der Waals surface area contributed by atoms with Crippen molar-refractivity contribution in [1.82, 2.24) is 5.32 Å². The fraction of sp³-hybridized carbons (Fsp3) is 0.914. The van der Waals surface area contributed by atoms with Gasteiger partial charge in [-0.25, -0.2) is 0 Å². The monoisotopic (exact) mass is 1070 g/mol. The number of aliphatic hydroxyl groups excluding tert-OH is 2. The molecule has 0 aromatic heterocycles. The zero-order valence-corrected chi connectivity index (χ0v) is 51.5. The Labute approximate surface area is 475 Å². The third kappa shape index (κ3) is 61.6. The quantitative estimate of drug-likeness (QED) is 0.0320. The fourth-order valence-corrected chi connectivity index (χ4v) is 10.9. The molecule has 1 amide bonds. The molecule has 0 heterocycles. The van der Waals surface area contributed by atoms with Gasteiger partial charge >= 0.3 is 5.97 Å². The van der Waals surface area contributed by atoms with Crippen LogP contribution >= 0.6 is 0 Å². The molecule has 0 fully saturated rings. The van der Waals surface area contributed by atoms with Gasteiger partial charge in [0.25, 0.3) is 0 Å². The van der Waals surface area contributed by atoms with Gasteiger partial charge in [-0.3, -0.25) is 9.59 Å². The van der Waals surface area contributed by atoms with E-state index in [1.54, 1.807) is 0 Å². The van der Waals surface area contributed by atoms with Gasteiger partial charge in [0.1, 0.15) is 0 Å². The molecule has 0 bridgehead atoms. The number of hydrogen-bond acceptors (Lipinski definition) is 5. The highest BCUT2D eigenvalue weighted by Crippen LogP contribution is 2.18. The number of nitrogens with one attached hydrogen (secondary N) is 1. The maximum Gasteiger partial charge on any atom is 0.305 e. The number of carbonyl (C=O) groups excluding carboxylic acids is 2. The molecule has 3 N–H and O–H groups in total. The minimum absolute atomic E-state index is 0.0153. The average Bonchev–Trinajstić information content (AvgIpc) is 3.42. The van der Waals surface area contributed by atoms with Crippen molar-refractivity contribution in [3.8, 4) is 0 Å². The van der Waals surface area contributed by atoms with Crippen LogP contribution in [0.15, 0.2) is 24.3 Å². The highest BCUT2D eigenvalue weighted by Gasteiger charge is 2.20. The van der Waals surface area contributed by atoms with E-state index in [2.05, 4.69) is 43.5 Å². The van der Waals surface area contributed by atoms with E-state index in [1.807, 2.05) is 0 Å². The van der Waals surface area contributed by atoms with E-state index < -0.39 is 12.1 Å². The number of amides is 1. The molecule has 6 nitrogen and oxygen atoms in total. The van der Waals surface area contributed by atoms with Crippen molar-refractivity contribution in [1.29, 1.82) is 0 Å². The number of ether oxygens (including phenoxy) is 1. The van der Waals surface area contributed by atoms with Gasteiger partial charge in [-0.15, -0.1) is 0 Å².